The monoisotopic (exact) mass is 393 g/mol. The highest BCUT2D eigenvalue weighted by Crippen LogP contribution is 2.33. The molecule has 1 atom stereocenters. The van der Waals surface area contributed by atoms with Crippen molar-refractivity contribution in [2.24, 2.45) is 5.92 Å². The highest BCUT2D eigenvalue weighted by atomic mass is 16.2. The van der Waals surface area contributed by atoms with E-state index in [9.17, 15) is 14.4 Å². The fraction of sp³-hybridized carbons (Fsp3) is 0.435. The number of benzene rings is 1. The predicted molar refractivity (Wildman–Crippen MR) is 111 cm³/mol. The van der Waals surface area contributed by atoms with Gasteiger partial charge < -0.3 is 9.88 Å². The van der Waals surface area contributed by atoms with Crippen LogP contribution in [0.4, 0.5) is 5.69 Å². The molecule has 2 aromatic rings. The predicted octanol–water partition coefficient (Wildman–Crippen LogP) is 3.47. The van der Waals surface area contributed by atoms with Crippen molar-refractivity contribution in [2.75, 3.05) is 4.90 Å². The van der Waals surface area contributed by atoms with Gasteiger partial charge in [-0.1, -0.05) is 6.92 Å². The van der Waals surface area contributed by atoms with E-state index in [1.54, 1.807) is 29.2 Å². The summed E-state index contributed by atoms with van der Waals surface area (Å²) in [4.78, 5) is 39.5. The first-order chi connectivity index (χ1) is 13.9. The van der Waals surface area contributed by atoms with E-state index in [1.165, 1.54) is 6.92 Å². The number of carbonyl (C=O) groups excluding carboxylic acids is 3. The summed E-state index contributed by atoms with van der Waals surface area (Å²) in [5, 5.41) is 3.19. The van der Waals surface area contributed by atoms with Crippen molar-refractivity contribution < 1.29 is 14.4 Å². The van der Waals surface area contributed by atoms with E-state index in [0.717, 1.165) is 31.4 Å². The summed E-state index contributed by atoms with van der Waals surface area (Å²) in [6.45, 7) is 3.95. The highest BCUT2D eigenvalue weighted by molar-refractivity contribution is 6.03. The minimum atomic E-state index is -0.714. The molecule has 1 saturated carbocycles. The Morgan fingerprint density at radius 2 is 1.72 bits per heavy atom. The molecule has 0 unspecified atom stereocenters. The summed E-state index contributed by atoms with van der Waals surface area (Å²) in [5.74, 6) is 0.388. The SMILES string of the molecule is CC(=O)c1ccc(N2C(=O)Cn3cccc3[C@H]2C(=O)NC2CCC(C)CC2)cc1. The average molecular weight is 393 g/mol. The molecule has 4 rings (SSSR count). The molecule has 2 heterocycles. The molecule has 1 aliphatic heterocycles. The lowest BCUT2D eigenvalue weighted by atomic mass is 9.87. The van der Waals surface area contributed by atoms with Gasteiger partial charge in [-0.2, -0.15) is 0 Å². The molecule has 0 radical (unpaired) electrons. The summed E-state index contributed by atoms with van der Waals surface area (Å²) >= 11 is 0. The second-order valence-electron chi connectivity index (χ2n) is 8.30. The van der Waals surface area contributed by atoms with Crippen LogP contribution in [-0.2, 0) is 16.1 Å². The molecule has 0 saturated heterocycles. The van der Waals surface area contributed by atoms with E-state index in [1.807, 2.05) is 22.9 Å². The minimum Gasteiger partial charge on any atom is -0.351 e. The van der Waals surface area contributed by atoms with E-state index in [2.05, 4.69) is 12.2 Å². The van der Waals surface area contributed by atoms with Crippen LogP contribution in [0, 0.1) is 5.92 Å². The molecule has 1 N–H and O–H groups in total. The van der Waals surface area contributed by atoms with E-state index in [4.69, 9.17) is 0 Å². The first-order valence-corrected chi connectivity index (χ1v) is 10.3. The lowest BCUT2D eigenvalue weighted by Gasteiger charge is -2.37. The molecule has 6 nitrogen and oxygen atoms in total. The van der Waals surface area contributed by atoms with Gasteiger partial charge in [-0.05, 0) is 74.9 Å². The number of amides is 2. The summed E-state index contributed by atoms with van der Waals surface area (Å²) in [6, 6.07) is 10.1. The summed E-state index contributed by atoms with van der Waals surface area (Å²) < 4.78 is 1.84. The van der Waals surface area contributed by atoms with Gasteiger partial charge in [-0.25, -0.2) is 0 Å². The molecular weight excluding hydrogens is 366 g/mol. The highest BCUT2D eigenvalue weighted by Gasteiger charge is 2.39. The zero-order chi connectivity index (χ0) is 20.5. The van der Waals surface area contributed by atoms with Crippen LogP contribution in [0.25, 0.3) is 0 Å². The van der Waals surface area contributed by atoms with Crippen LogP contribution in [0.1, 0.15) is 61.6 Å². The number of Topliss-reactive ketones (excluding diaryl/α,β-unsaturated/α-hetero) is 1. The summed E-state index contributed by atoms with van der Waals surface area (Å²) in [5.41, 5.74) is 2.02. The van der Waals surface area contributed by atoms with E-state index < -0.39 is 6.04 Å². The zero-order valence-electron chi connectivity index (χ0n) is 16.9. The Morgan fingerprint density at radius 3 is 2.38 bits per heavy atom. The molecule has 0 bridgehead atoms. The molecule has 2 amide bonds. The number of carbonyl (C=O) groups is 3. The van der Waals surface area contributed by atoms with E-state index in [0.29, 0.717) is 17.2 Å². The number of aromatic nitrogens is 1. The van der Waals surface area contributed by atoms with Gasteiger partial charge >= 0.3 is 0 Å². The first kappa shape index (κ1) is 19.4. The van der Waals surface area contributed by atoms with Crippen molar-refractivity contribution in [3.05, 3.63) is 53.9 Å². The number of anilines is 1. The molecule has 2 aliphatic rings. The number of hydrogen-bond acceptors (Lipinski definition) is 3. The minimum absolute atomic E-state index is 0.0313. The van der Waals surface area contributed by atoms with Crippen molar-refractivity contribution in [3.63, 3.8) is 0 Å². The molecule has 29 heavy (non-hydrogen) atoms. The maximum Gasteiger partial charge on any atom is 0.249 e. The fourth-order valence-corrected chi connectivity index (χ4v) is 4.40. The van der Waals surface area contributed by atoms with Gasteiger partial charge in [0.1, 0.15) is 6.54 Å². The topological polar surface area (TPSA) is 71.4 Å². The Labute approximate surface area is 170 Å². The molecular formula is C23H27N3O3. The van der Waals surface area contributed by atoms with E-state index in [-0.39, 0.29) is 30.2 Å². The Morgan fingerprint density at radius 1 is 1.03 bits per heavy atom. The normalized spacial score (nSPS) is 24.1. The largest absolute Gasteiger partial charge is 0.351 e. The molecule has 1 aromatic carbocycles. The van der Waals surface area contributed by atoms with Crippen LogP contribution in [-0.4, -0.2) is 28.2 Å². The van der Waals surface area contributed by atoms with E-state index >= 15 is 0 Å². The molecule has 1 fully saturated rings. The zero-order valence-corrected chi connectivity index (χ0v) is 16.9. The number of ketones is 1. The van der Waals surface area contributed by atoms with Gasteiger partial charge in [-0.3, -0.25) is 19.3 Å². The molecule has 1 aromatic heterocycles. The smallest absolute Gasteiger partial charge is 0.249 e. The van der Waals surface area contributed by atoms with Crippen molar-refractivity contribution in [2.45, 2.75) is 58.2 Å². The number of fused-ring (bicyclic) bond motifs is 1. The Hall–Kier alpha value is -2.89. The van der Waals surface area contributed by atoms with Crippen LogP contribution >= 0.6 is 0 Å². The Balaban J connectivity index is 1.64. The lowest BCUT2D eigenvalue weighted by Crippen LogP contribution is -2.51. The van der Waals surface area contributed by atoms with Crippen LogP contribution < -0.4 is 10.2 Å². The van der Waals surface area contributed by atoms with Crippen LogP contribution in [0.3, 0.4) is 0 Å². The van der Waals surface area contributed by atoms with Crippen molar-refractivity contribution >= 4 is 23.3 Å². The Kier molecular flexibility index (Phi) is 5.26. The lowest BCUT2D eigenvalue weighted by molar-refractivity contribution is -0.128. The molecule has 1 aliphatic carbocycles. The van der Waals surface area contributed by atoms with Gasteiger partial charge in [-0.15, -0.1) is 0 Å². The second kappa shape index (κ2) is 7.85. The van der Waals surface area contributed by atoms with Crippen LogP contribution in [0.2, 0.25) is 0 Å². The molecule has 0 spiro atoms. The molecule has 6 heteroatoms. The number of rotatable bonds is 4. The summed E-state index contributed by atoms with van der Waals surface area (Å²) in [6.07, 6.45) is 6.01. The number of nitrogens with one attached hydrogen (secondary N) is 1. The van der Waals surface area contributed by atoms with Gasteiger partial charge in [0.2, 0.25) is 11.8 Å². The number of hydrogen-bond donors (Lipinski definition) is 1. The van der Waals surface area contributed by atoms with Crippen molar-refractivity contribution in [3.8, 4) is 0 Å². The maximum absolute atomic E-state index is 13.3. The van der Waals surface area contributed by atoms with Gasteiger partial charge in [0.05, 0.1) is 5.69 Å². The standard InChI is InChI=1S/C23H27N3O3/c1-15-5-9-18(10-6-15)24-23(29)22-20-4-3-13-25(20)14-21(28)26(22)19-11-7-17(8-12-19)16(2)27/h3-4,7-8,11-13,15,18,22H,5-6,9-10,14H2,1-2H3,(H,24,29)/t15?,18?,22-/m0/s1. The number of nitrogens with zero attached hydrogens (tertiary/aromatic N) is 2. The van der Waals surface area contributed by atoms with Gasteiger partial charge in [0, 0.05) is 23.5 Å². The van der Waals surface area contributed by atoms with Crippen molar-refractivity contribution in [1.82, 2.24) is 9.88 Å². The fourth-order valence-electron chi connectivity index (χ4n) is 4.40. The quantitative estimate of drug-likeness (QED) is 0.809. The van der Waals surface area contributed by atoms with Gasteiger partial charge in [0.15, 0.2) is 11.8 Å². The van der Waals surface area contributed by atoms with Crippen LogP contribution in [0.15, 0.2) is 42.6 Å². The van der Waals surface area contributed by atoms with Crippen LogP contribution in [0.5, 0.6) is 0 Å². The average Bonchev–Trinajstić information content (AvgIpc) is 3.16. The van der Waals surface area contributed by atoms with Crippen molar-refractivity contribution in [1.29, 1.82) is 0 Å². The first-order valence-electron chi connectivity index (χ1n) is 10.3. The molecule has 152 valence electrons. The summed E-state index contributed by atoms with van der Waals surface area (Å²) in [7, 11) is 0. The third kappa shape index (κ3) is 3.84. The van der Waals surface area contributed by atoms with Gasteiger partial charge in [0.25, 0.3) is 0 Å². The Bertz CT molecular complexity index is 923. The third-order valence-electron chi connectivity index (χ3n) is 6.14. The second-order valence-corrected chi connectivity index (χ2v) is 8.30. The third-order valence-corrected chi connectivity index (χ3v) is 6.14. The maximum atomic E-state index is 13.3.